The SMILES string of the molecule is CC(=O)NC(CC(=O)NCCCC(=O)O)c1ccc(C)cc1. The molecular weight excluding hydrogens is 284 g/mol. The Morgan fingerprint density at radius 2 is 1.82 bits per heavy atom. The second-order valence-corrected chi connectivity index (χ2v) is 5.22. The van der Waals surface area contributed by atoms with Gasteiger partial charge in [-0.1, -0.05) is 29.8 Å². The van der Waals surface area contributed by atoms with Crippen molar-refractivity contribution in [1.29, 1.82) is 0 Å². The van der Waals surface area contributed by atoms with E-state index in [2.05, 4.69) is 10.6 Å². The van der Waals surface area contributed by atoms with Gasteiger partial charge in [-0.25, -0.2) is 0 Å². The van der Waals surface area contributed by atoms with Gasteiger partial charge >= 0.3 is 5.97 Å². The summed E-state index contributed by atoms with van der Waals surface area (Å²) in [5, 5.41) is 14.0. The number of hydrogen-bond acceptors (Lipinski definition) is 3. The number of benzene rings is 1. The summed E-state index contributed by atoms with van der Waals surface area (Å²) in [5.74, 6) is -1.31. The zero-order valence-electron chi connectivity index (χ0n) is 12.9. The number of aliphatic carboxylic acids is 1. The molecule has 6 heteroatoms. The van der Waals surface area contributed by atoms with Crippen molar-refractivity contribution >= 4 is 17.8 Å². The van der Waals surface area contributed by atoms with Gasteiger partial charge in [0, 0.05) is 19.9 Å². The maximum Gasteiger partial charge on any atom is 0.303 e. The molecule has 1 aromatic rings. The number of hydrogen-bond donors (Lipinski definition) is 3. The minimum Gasteiger partial charge on any atom is -0.481 e. The van der Waals surface area contributed by atoms with Crippen molar-refractivity contribution < 1.29 is 19.5 Å². The number of carboxylic acids is 1. The van der Waals surface area contributed by atoms with E-state index in [4.69, 9.17) is 5.11 Å². The number of carbonyl (C=O) groups excluding carboxylic acids is 2. The Morgan fingerprint density at radius 1 is 1.18 bits per heavy atom. The first-order chi connectivity index (χ1) is 10.4. The molecule has 0 spiro atoms. The lowest BCUT2D eigenvalue weighted by molar-refractivity contribution is -0.137. The van der Waals surface area contributed by atoms with Crippen molar-refractivity contribution in [2.45, 2.75) is 39.2 Å². The van der Waals surface area contributed by atoms with Crippen molar-refractivity contribution in [3.8, 4) is 0 Å². The van der Waals surface area contributed by atoms with Crippen molar-refractivity contribution in [3.05, 3.63) is 35.4 Å². The maximum atomic E-state index is 11.9. The van der Waals surface area contributed by atoms with E-state index in [1.807, 2.05) is 31.2 Å². The minimum absolute atomic E-state index is 0.0212. The lowest BCUT2D eigenvalue weighted by Crippen LogP contribution is -2.33. The summed E-state index contributed by atoms with van der Waals surface area (Å²) >= 11 is 0. The van der Waals surface area contributed by atoms with Crippen LogP contribution in [0.25, 0.3) is 0 Å². The van der Waals surface area contributed by atoms with Gasteiger partial charge < -0.3 is 15.7 Å². The van der Waals surface area contributed by atoms with Crippen LogP contribution >= 0.6 is 0 Å². The molecule has 2 amide bonds. The molecule has 0 saturated heterocycles. The number of amides is 2. The molecule has 6 nitrogen and oxygen atoms in total. The molecule has 120 valence electrons. The quantitative estimate of drug-likeness (QED) is 0.635. The minimum atomic E-state index is -0.884. The van der Waals surface area contributed by atoms with Crippen LogP contribution in [0, 0.1) is 6.92 Å². The zero-order valence-corrected chi connectivity index (χ0v) is 12.9. The van der Waals surface area contributed by atoms with Crippen LogP contribution in [0.2, 0.25) is 0 Å². The molecule has 0 aliphatic rings. The fourth-order valence-corrected chi connectivity index (χ4v) is 2.02. The van der Waals surface area contributed by atoms with Gasteiger partial charge in [0.25, 0.3) is 0 Å². The van der Waals surface area contributed by atoms with Crippen molar-refractivity contribution in [2.24, 2.45) is 0 Å². The molecule has 1 rings (SSSR count). The highest BCUT2D eigenvalue weighted by Gasteiger charge is 2.16. The lowest BCUT2D eigenvalue weighted by atomic mass is 10.0. The van der Waals surface area contributed by atoms with E-state index in [0.29, 0.717) is 13.0 Å². The Bertz CT molecular complexity index is 525. The van der Waals surface area contributed by atoms with Gasteiger partial charge in [-0.15, -0.1) is 0 Å². The number of aryl methyl sites for hydroxylation is 1. The van der Waals surface area contributed by atoms with Crippen LogP contribution in [0.15, 0.2) is 24.3 Å². The molecule has 0 heterocycles. The van der Waals surface area contributed by atoms with Crippen molar-refractivity contribution in [2.75, 3.05) is 6.54 Å². The van der Waals surface area contributed by atoms with E-state index < -0.39 is 12.0 Å². The molecule has 1 unspecified atom stereocenters. The van der Waals surface area contributed by atoms with Crippen LogP contribution in [0.3, 0.4) is 0 Å². The zero-order chi connectivity index (χ0) is 16.5. The molecule has 1 aromatic carbocycles. The van der Waals surface area contributed by atoms with E-state index in [9.17, 15) is 14.4 Å². The normalized spacial score (nSPS) is 11.5. The molecule has 0 aliphatic carbocycles. The first-order valence-corrected chi connectivity index (χ1v) is 7.20. The highest BCUT2D eigenvalue weighted by Crippen LogP contribution is 2.17. The van der Waals surface area contributed by atoms with Crippen LogP contribution in [0.1, 0.15) is 43.4 Å². The third-order valence-corrected chi connectivity index (χ3v) is 3.14. The van der Waals surface area contributed by atoms with Gasteiger partial charge in [-0.05, 0) is 18.9 Å². The van der Waals surface area contributed by atoms with Gasteiger partial charge in [-0.3, -0.25) is 14.4 Å². The van der Waals surface area contributed by atoms with E-state index in [1.165, 1.54) is 6.92 Å². The van der Waals surface area contributed by atoms with Crippen LogP contribution in [-0.2, 0) is 14.4 Å². The fourth-order valence-electron chi connectivity index (χ4n) is 2.02. The Balaban J connectivity index is 2.57. The fraction of sp³-hybridized carbons (Fsp3) is 0.438. The van der Waals surface area contributed by atoms with Gasteiger partial charge in [0.05, 0.1) is 12.5 Å². The number of rotatable bonds is 8. The Labute approximate surface area is 129 Å². The molecule has 0 bridgehead atoms. The second kappa shape index (κ2) is 8.81. The Kier molecular flexibility index (Phi) is 7.08. The third-order valence-electron chi connectivity index (χ3n) is 3.14. The van der Waals surface area contributed by atoms with Gasteiger partial charge in [0.1, 0.15) is 0 Å². The second-order valence-electron chi connectivity index (χ2n) is 5.22. The molecule has 1 atom stereocenters. The first-order valence-electron chi connectivity index (χ1n) is 7.20. The topological polar surface area (TPSA) is 95.5 Å². The summed E-state index contributed by atoms with van der Waals surface area (Å²) in [5.41, 5.74) is 1.96. The average molecular weight is 306 g/mol. The molecule has 0 saturated carbocycles. The van der Waals surface area contributed by atoms with Gasteiger partial charge in [0.2, 0.25) is 11.8 Å². The first kappa shape index (κ1) is 17.7. The van der Waals surface area contributed by atoms with Crippen LogP contribution in [-0.4, -0.2) is 29.4 Å². The predicted molar refractivity (Wildman–Crippen MR) is 82.2 cm³/mol. The summed E-state index contributed by atoms with van der Waals surface area (Å²) in [6.07, 6.45) is 0.527. The third kappa shape index (κ3) is 6.88. The smallest absolute Gasteiger partial charge is 0.303 e. The summed E-state index contributed by atoms with van der Waals surface area (Å²) in [4.78, 5) is 33.6. The Hall–Kier alpha value is -2.37. The summed E-state index contributed by atoms with van der Waals surface area (Å²) in [6.45, 7) is 3.68. The van der Waals surface area contributed by atoms with Crippen molar-refractivity contribution in [1.82, 2.24) is 10.6 Å². The molecule has 3 N–H and O–H groups in total. The highest BCUT2D eigenvalue weighted by atomic mass is 16.4. The summed E-state index contributed by atoms with van der Waals surface area (Å²) in [6, 6.07) is 7.23. The molecule has 22 heavy (non-hydrogen) atoms. The molecule has 0 radical (unpaired) electrons. The van der Waals surface area contributed by atoms with Crippen molar-refractivity contribution in [3.63, 3.8) is 0 Å². The van der Waals surface area contributed by atoms with E-state index in [0.717, 1.165) is 11.1 Å². The largest absolute Gasteiger partial charge is 0.481 e. The summed E-state index contributed by atoms with van der Waals surface area (Å²) in [7, 11) is 0. The van der Waals surface area contributed by atoms with Gasteiger partial charge in [-0.2, -0.15) is 0 Å². The average Bonchev–Trinajstić information content (AvgIpc) is 2.43. The molecule has 0 aromatic heterocycles. The number of nitrogens with one attached hydrogen (secondary N) is 2. The molecule has 0 aliphatic heterocycles. The standard InChI is InChI=1S/C16H22N2O4/c1-11-5-7-13(8-6-11)14(18-12(2)19)10-15(20)17-9-3-4-16(21)22/h5-8,14H,3-4,9-10H2,1-2H3,(H,17,20)(H,18,19)(H,21,22). The van der Waals surface area contributed by atoms with E-state index >= 15 is 0 Å². The van der Waals surface area contributed by atoms with E-state index in [1.54, 1.807) is 0 Å². The maximum absolute atomic E-state index is 11.9. The lowest BCUT2D eigenvalue weighted by Gasteiger charge is -2.18. The van der Waals surface area contributed by atoms with Crippen LogP contribution < -0.4 is 10.6 Å². The van der Waals surface area contributed by atoms with Crippen LogP contribution in [0.4, 0.5) is 0 Å². The number of carboxylic acid groups (broad SMARTS) is 1. The number of carbonyl (C=O) groups is 3. The monoisotopic (exact) mass is 306 g/mol. The Morgan fingerprint density at radius 3 is 2.36 bits per heavy atom. The molecule has 0 fully saturated rings. The van der Waals surface area contributed by atoms with E-state index in [-0.39, 0.29) is 24.7 Å². The summed E-state index contributed by atoms with van der Waals surface area (Å²) < 4.78 is 0. The highest BCUT2D eigenvalue weighted by molar-refractivity contribution is 5.79. The molecular formula is C16H22N2O4. The van der Waals surface area contributed by atoms with Crippen LogP contribution in [0.5, 0.6) is 0 Å². The van der Waals surface area contributed by atoms with Gasteiger partial charge in [0.15, 0.2) is 0 Å². The predicted octanol–water partition coefficient (Wildman–Crippen LogP) is 1.54.